The molecule has 6 heteroatoms. The molecule has 0 saturated carbocycles. The highest BCUT2D eigenvalue weighted by molar-refractivity contribution is 5.74. The molecule has 3 rings (SSSR count). The lowest BCUT2D eigenvalue weighted by Gasteiger charge is -2.33. The van der Waals surface area contributed by atoms with Crippen LogP contribution < -0.4 is 5.32 Å². The van der Waals surface area contributed by atoms with Crippen LogP contribution in [-0.4, -0.2) is 30.6 Å². The molecule has 2 aromatic rings. The van der Waals surface area contributed by atoms with E-state index in [9.17, 15) is 9.18 Å². The summed E-state index contributed by atoms with van der Waals surface area (Å²) < 4.78 is 19.5. The Labute approximate surface area is 145 Å². The van der Waals surface area contributed by atoms with Gasteiger partial charge in [0.25, 0.3) is 0 Å². The number of ether oxygens (including phenoxy) is 1. The Bertz CT molecular complexity index is 803. The number of nitrogens with zero attached hydrogens (tertiary/aromatic N) is 2. The first-order valence-electron chi connectivity index (χ1n) is 8.05. The van der Waals surface area contributed by atoms with Crippen molar-refractivity contribution in [3.05, 3.63) is 71.0 Å². The number of carbonyl (C=O) groups excluding carboxylic acids is 1. The molecule has 25 heavy (non-hydrogen) atoms. The Morgan fingerprint density at radius 1 is 1.32 bits per heavy atom. The maximum absolute atomic E-state index is 13.9. The second kappa shape index (κ2) is 7.77. The van der Waals surface area contributed by atoms with Crippen LogP contribution in [0.1, 0.15) is 22.8 Å². The van der Waals surface area contributed by atoms with Crippen LogP contribution in [-0.2, 0) is 11.3 Å². The van der Waals surface area contributed by atoms with Gasteiger partial charge in [0.1, 0.15) is 11.9 Å². The minimum atomic E-state index is -0.470. The molecule has 0 aliphatic carbocycles. The van der Waals surface area contributed by atoms with Crippen molar-refractivity contribution in [3.63, 3.8) is 0 Å². The van der Waals surface area contributed by atoms with Crippen molar-refractivity contribution in [1.82, 2.24) is 10.2 Å². The number of amides is 2. The molecule has 1 N–H and O–H groups in total. The van der Waals surface area contributed by atoms with Crippen molar-refractivity contribution in [2.75, 3.05) is 19.7 Å². The van der Waals surface area contributed by atoms with Crippen LogP contribution in [0.3, 0.4) is 0 Å². The van der Waals surface area contributed by atoms with E-state index in [1.165, 1.54) is 6.07 Å². The second-order valence-corrected chi connectivity index (χ2v) is 5.80. The maximum atomic E-state index is 13.9. The number of halogens is 1. The van der Waals surface area contributed by atoms with E-state index < -0.39 is 6.10 Å². The van der Waals surface area contributed by atoms with Gasteiger partial charge in [-0.15, -0.1) is 0 Å². The SMILES string of the molecule is N#Cc1cccc(CNC(=O)N2CCO[C@@H](c3ccccc3F)C2)c1. The van der Waals surface area contributed by atoms with E-state index in [0.29, 0.717) is 37.4 Å². The number of benzene rings is 2. The van der Waals surface area contributed by atoms with Crippen molar-refractivity contribution in [3.8, 4) is 6.07 Å². The molecule has 1 atom stereocenters. The summed E-state index contributed by atoms with van der Waals surface area (Å²) in [4.78, 5) is 14.0. The van der Waals surface area contributed by atoms with Gasteiger partial charge in [-0.25, -0.2) is 9.18 Å². The lowest BCUT2D eigenvalue weighted by Crippen LogP contribution is -2.47. The van der Waals surface area contributed by atoms with Crippen LogP contribution in [0.15, 0.2) is 48.5 Å². The number of nitriles is 1. The molecular weight excluding hydrogens is 321 g/mol. The Balaban J connectivity index is 1.60. The van der Waals surface area contributed by atoms with E-state index in [0.717, 1.165) is 5.56 Å². The van der Waals surface area contributed by atoms with Gasteiger partial charge < -0.3 is 15.0 Å². The van der Waals surface area contributed by atoms with Crippen molar-refractivity contribution >= 4 is 6.03 Å². The summed E-state index contributed by atoms with van der Waals surface area (Å²) in [6.07, 6.45) is -0.470. The number of hydrogen-bond donors (Lipinski definition) is 1. The summed E-state index contributed by atoms with van der Waals surface area (Å²) in [6.45, 7) is 1.44. The highest BCUT2D eigenvalue weighted by Crippen LogP contribution is 2.24. The average Bonchev–Trinajstić information content (AvgIpc) is 2.66. The summed E-state index contributed by atoms with van der Waals surface area (Å²) in [5.41, 5.74) is 1.87. The minimum absolute atomic E-state index is 0.230. The number of hydrogen-bond acceptors (Lipinski definition) is 3. The third kappa shape index (κ3) is 4.14. The van der Waals surface area contributed by atoms with E-state index in [1.807, 2.05) is 6.07 Å². The van der Waals surface area contributed by atoms with Crippen molar-refractivity contribution in [2.24, 2.45) is 0 Å². The molecule has 2 amide bonds. The third-order valence-corrected chi connectivity index (χ3v) is 4.11. The lowest BCUT2D eigenvalue weighted by molar-refractivity contribution is -0.0171. The molecule has 0 bridgehead atoms. The Morgan fingerprint density at radius 2 is 2.16 bits per heavy atom. The normalized spacial score (nSPS) is 17.0. The fourth-order valence-electron chi connectivity index (χ4n) is 2.80. The average molecular weight is 339 g/mol. The zero-order valence-electron chi connectivity index (χ0n) is 13.6. The summed E-state index contributed by atoms with van der Waals surface area (Å²) in [5.74, 6) is -0.330. The van der Waals surface area contributed by atoms with Crippen LogP contribution in [0.25, 0.3) is 0 Å². The Morgan fingerprint density at radius 3 is 2.96 bits per heavy atom. The summed E-state index contributed by atoms with van der Waals surface area (Å²) in [7, 11) is 0. The van der Waals surface area contributed by atoms with E-state index in [2.05, 4.69) is 11.4 Å². The first-order valence-corrected chi connectivity index (χ1v) is 8.05. The summed E-state index contributed by atoms with van der Waals surface area (Å²) >= 11 is 0. The maximum Gasteiger partial charge on any atom is 0.317 e. The van der Waals surface area contributed by atoms with Gasteiger partial charge in [0, 0.05) is 18.7 Å². The van der Waals surface area contributed by atoms with Crippen LogP contribution in [0.5, 0.6) is 0 Å². The minimum Gasteiger partial charge on any atom is -0.370 e. The third-order valence-electron chi connectivity index (χ3n) is 4.11. The predicted molar refractivity (Wildman–Crippen MR) is 90.1 cm³/mol. The van der Waals surface area contributed by atoms with Gasteiger partial charge in [0.15, 0.2) is 0 Å². The zero-order valence-corrected chi connectivity index (χ0v) is 13.6. The molecule has 5 nitrogen and oxygen atoms in total. The largest absolute Gasteiger partial charge is 0.370 e. The van der Waals surface area contributed by atoms with Gasteiger partial charge in [-0.2, -0.15) is 5.26 Å². The quantitative estimate of drug-likeness (QED) is 0.935. The number of rotatable bonds is 3. The molecule has 0 spiro atoms. The first kappa shape index (κ1) is 16.9. The van der Waals surface area contributed by atoms with E-state index in [-0.39, 0.29) is 11.8 Å². The van der Waals surface area contributed by atoms with E-state index >= 15 is 0 Å². The molecular formula is C19H18FN3O2. The van der Waals surface area contributed by atoms with Gasteiger partial charge in [0.2, 0.25) is 0 Å². The standard InChI is InChI=1S/C19H18FN3O2/c20-17-7-2-1-6-16(17)18-13-23(8-9-25-18)19(24)22-12-15-5-3-4-14(10-15)11-21/h1-7,10,18H,8-9,12-13H2,(H,22,24)/t18-/m1/s1. The number of nitrogens with one attached hydrogen (secondary N) is 1. The second-order valence-electron chi connectivity index (χ2n) is 5.80. The van der Waals surface area contributed by atoms with E-state index in [1.54, 1.807) is 41.3 Å². The molecule has 128 valence electrons. The van der Waals surface area contributed by atoms with Crippen molar-refractivity contribution < 1.29 is 13.9 Å². The zero-order chi connectivity index (χ0) is 17.6. The smallest absolute Gasteiger partial charge is 0.317 e. The van der Waals surface area contributed by atoms with Gasteiger partial charge >= 0.3 is 6.03 Å². The molecule has 0 unspecified atom stereocenters. The van der Waals surface area contributed by atoms with Gasteiger partial charge in [0.05, 0.1) is 24.8 Å². The van der Waals surface area contributed by atoms with Crippen LogP contribution in [0.2, 0.25) is 0 Å². The van der Waals surface area contributed by atoms with E-state index in [4.69, 9.17) is 10.00 Å². The Hall–Kier alpha value is -2.91. The fourth-order valence-corrected chi connectivity index (χ4v) is 2.80. The molecule has 1 saturated heterocycles. The fraction of sp³-hybridized carbons (Fsp3) is 0.263. The monoisotopic (exact) mass is 339 g/mol. The Kier molecular flexibility index (Phi) is 5.26. The van der Waals surface area contributed by atoms with Crippen LogP contribution in [0, 0.1) is 17.1 Å². The molecule has 0 aromatic heterocycles. The summed E-state index contributed by atoms with van der Waals surface area (Å²) in [6, 6.07) is 15.4. The summed E-state index contributed by atoms with van der Waals surface area (Å²) in [5, 5.41) is 11.7. The molecule has 1 aliphatic heterocycles. The predicted octanol–water partition coefficient (Wildman–Crippen LogP) is 2.98. The van der Waals surface area contributed by atoms with Crippen LogP contribution in [0.4, 0.5) is 9.18 Å². The molecule has 0 radical (unpaired) electrons. The molecule has 2 aromatic carbocycles. The number of urea groups is 1. The van der Waals surface area contributed by atoms with Gasteiger partial charge in [-0.05, 0) is 23.8 Å². The van der Waals surface area contributed by atoms with Crippen LogP contribution >= 0.6 is 0 Å². The van der Waals surface area contributed by atoms with Gasteiger partial charge in [-0.3, -0.25) is 0 Å². The first-order chi connectivity index (χ1) is 12.2. The lowest BCUT2D eigenvalue weighted by atomic mass is 10.1. The highest BCUT2D eigenvalue weighted by atomic mass is 19.1. The van der Waals surface area contributed by atoms with Crippen molar-refractivity contribution in [2.45, 2.75) is 12.6 Å². The van der Waals surface area contributed by atoms with Crippen molar-refractivity contribution in [1.29, 1.82) is 5.26 Å². The molecule has 1 heterocycles. The molecule has 1 fully saturated rings. The highest BCUT2D eigenvalue weighted by Gasteiger charge is 2.26. The number of morpholine rings is 1. The number of carbonyl (C=O) groups is 1. The van der Waals surface area contributed by atoms with Gasteiger partial charge in [-0.1, -0.05) is 30.3 Å². The topological polar surface area (TPSA) is 65.4 Å². The molecule has 1 aliphatic rings.